The summed E-state index contributed by atoms with van der Waals surface area (Å²) in [5.41, 5.74) is -5.80. The van der Waals surface area contributed by atoms with Crippen LogP contribution in [-0.4, -0.2) is 48.0 Å². The Bertz CT molecular complexity index is 1050. The Morgan fingerprint density at radius 2 is 1.87 bits per heavy atom. The molecule has 166 valence electrons. The number of ether oxygens (including phenoxy) is 1. The Balaban J connectivity index is 2.08. The fourth-order valence-corrected chi connectivity index (χ4v) is 3.29. The first-order chi connectivity index (χ1) is 13.8. The minimum atomic E-state index is -6.22. The van der Waals surface area contributed by atoms with Crippen molar-refractivity contribution >= 4 is 21.7 Å². The molecule has 30 heavy (non-hydrogen) atoms. The SMILES string of the molecule is O=S(=O)(Oc1c(Cl)cc(-c2nnc3n2CCNC3)cc1OCC(F)(F)F)C(F)(F)F. The standard InChI is InChI=1S/C14H11ClF6N4O4S/c15-8-3-7(12-24-23-10-5-22-1-2-25(10)12)4-9(28-6-13(16,17)18)11(8)29-30(26,27)14(19,20)21/h3-4,22H,1-2,5-6H2. The van der Waals surface area contributed by atoms with Gasteiger partial charge in [-0.25, -0.2) is 0 Å². The molecule has 0 fully saturated rings. The van der Waals surface area contributed by atoms with E-state index in [0.29, 0.717) is 25.5 Å². The molecule has 3 rings (SSSR count). The van der Waals surface area contributed by atoms with E-state index in [1.807, 2.05) is 0 Å². The second-order valence-electron chi connectivity index (χ2n) is 5.94. The Kier molecular flexibility index (Phi) is 5.81. The van der Waals surface area contributed by atoms with Crippen molar-refractivity contribution in [2.45, 2.75) is 24.8 Å². The van der Waals surface area contributed by atoms with Gasteiger partial charge in [0.15, 0.2) is 18.2 Å². The number of aromatic nitrogens is 3. The first kappa shape index (κ1) is 22.4. The number of fused-ring (bicyclic) bond motifs is 1. The minimum Gasteiger partial charge on any atom is -0.480 e. The van der Waals surface area contributed by atoms with Crippen molar-refractivity contribution in [3.63, 3.8) is 0 Å². The van der Waals surface area contributed by atoms with Crippen LogP contribution < -0.4 is 14.2 Å². The van der Waals surface area contributed by atoms with Crippen molar-refractivity contribution in [3.05, 3.63) is 23.0 Å². The average Bonchev–Trinajstić information content (AvgIpc) is 3.04. The van der Waals surface area contributed by atoms with E-state index in [2.05, 4.69) is 24.4 Å². The van der Waals surface area contributed by atoms with Crippen LogP contribution in [0.5, 0.6) is 11.5 Å². The van der Waals surface area contributed by atoms with Gasteiger partial charge in [-0.1, -0.05) is 11.6 Å². The van der Waals surface area contributed by atoms with Crippen molar-refractivity contribution in [1.82, 2.24) is 20.1 Å². The third-order valence-corrected chi connectivity index (χ3v) is 4.99. The van der Waals surface area contributed by atoms with E-state index >= 15 is 0 Å². The molecule has 0 saturated carbocycles. The molecule has 8 nitrogen and oxygen atoms in total. The van der Waals surface area contributed by atoms with E-state index in [-0.39, 0.29) is 11.4 Å². The van der Waals surface area contributed by atoms with Crippen LogP contribution in [0.2, 0.25) is 5.02 Å². The van der Waals surface area contributed by atoms with Crippen LogP contribution in [0.3, 0.4) is 0 Å². The maximum atomic E-state index is 12.6. The van der Waals surface area contributed by atoms with Gasteiger partial charge in [-0.3, -0.25) is 0 Å². The first-order valence-electron chi connectivity index (χ1n) is 7.95. The van der Waals surface area contributed by atoms with Crippen LogP contribution in [0.1, 0.15) is 5.82 Å². The molecule has 1 aromatic heterocycles. The molecule has 0 amide bonds. The van der Waals surface area contributed by atoms with Crippen LogP contribution in [0.25, 0.3) is 11.4 Å². The lowest BCUT2D eigenvalue weighted by atomic mass is 10.2. The predicted octanol–water partition coefficient (Wildman–Crippen LogP) is 2.87. The number of alkyl halides is 6. The summed E-state index contributed by atoms with van der Waals surface area (Å²) in [6.45, 7) is -0.636. The molecular weight excluding hydrogens is 470 g/mol. The lowest BCUT2D eigenvalue weighted by Gasteiger charge is -2.18. The quantitative estimate of drug-likeness (QED) is 0.399. The molecule has 1 N–H and O–H groups in total. The van der Waals surface area contributed by atoms with Crippen LogP contribution >= 0.6 is 11.6 Å². The van der Waals surface area contributed by atoms with Gasteiger partial charge in [-0.05, 0) is 12.1 Å². The molecule has 1 aromatic carbocycles. The van der Waals surface area contributed by atoms with Gasteiger partial charge in [0, 0.05) is 18.7 Å². The summed E-state index contributed by atoms with van der Waals surface area (Å²) < 4.78 is 108. The number of hydrogen-bond acceptors (Lipinski definition) is 7. The van der Waals surface area contributed by atoms with Crippen molar-refractivity contribution in [2.24, 2.45) is 0 Å². The number of nitrogens with zero attached hydrogens (tertiary/aromatic N) is 3. The highest BCUT2D eigenvalue weighted by Gasteiger charge is 2.49. The lowest BCUT2D eigenvalue weighted by molar-refractivity contribution is -0.153. The highest BCUT2D eigenvalue weighted by atomic mass is 35.5. The van der Waals surface area contributed by atoms with E-state index in [1.54, 1.807) is 4.57 Å². The molecule has 0 atom stereocenters. The van der Waals surface area contributed by atoms with Crippen molar-refractivity contribution in [2.75, 3.05) is 13.2 Å². The smallest absolute Gasteiger partial charge is 0.480 e. The molecule has 0 bridgehead atoms. The largest absolute Gasteiger partial charge is 0.534 e. The first-order valence-corrected chi connectivity index (χ1v) is 9.74. The Labute approximate surface area is 169 Å². The number of halogens is 7. The predicted molar refractivity (Wildman–Crippen MR) is 89.3 cm³/mol. The van der Waals surface area contributed by atoms with Crippen molar-refractivity contribution < 1.29 is 43.7 Å². The van der Waals surface area contributed by atoms with Gasteiger partial charge in [-0.15, -0.1) is 10.2 Å². The van der Waals surface area contributed by atoms with Gasteiger partial charge in [0.05, 0.1) is 11.6 Å². The fraction of sp³-hybridized carbons (Fsp3) is 0.429. The van der Waals surface area contributed by atoms with Crippen LogP contribution in [0, 0.1) is 0 Å². The summed E-state index contributed by atoms with van der Waals surface area (Å²) in [4.78, 5) is 0. The topological polar surface area (TPSA) is 95.3 Å². The molecule has 0 unspecified atom stereocenters. The molecule has 2 aromatic rings. The Morgan fingerprint density at radius 1 is 1.17 bits per heavy atom. The molecule has 1 aliphatic rings. The monoisotopic (exact) mass is 480 g/mol. The number of benzene rings is 1. The normalized spacial score (nSPS) is 15.0. The zero-order chi connectivity index (χ0) is 22.3. The summed E-state index contributed by atoms with van der Waals surface area (Å²) in [6, 6.07) is 1.83. The van der Waals surface area contributed by atoms with Gasteiger partial charge in [0.2, 0.25) is 5.75 Å². The van der Waals surface area contributed by atoms with Gasteiger partial charge in [-0.2, -0.15) is 34.8 Å². The van der Waals surface area contributed by atoms with E-state index in [9.17, 15) is 34.8 Å². The third kappa shape index (κ3) is 4.73. The van der Waals surface area contributed by atoms with Crippen LogP contribution in [0.15, 0.2) is 12.1 Å². The van der Waals surface area contributed by atoms with E-state index < -0.39 is 44.9 Å². The van der Waals surface area contributed by atoms with Gasteiger partial charge >= 0.3 is 21.8 Å². The molecule has 0 saturated heterocycles. The highest BCUT2D eigenvalue weighted by Crippen LogP contribution is 2.42. The molecule has 0 radical (unpaired) electrons. The zero-order valence-electron chi connectivity index (χ0n) is 14.5. The molecule has 0 spiro atoms. The molecule has 0 aliphatic carbocycles. The maximum Gasteiger partial charge on any atom is 0.534 e. The van der Waals surface area contributed by atoms with E-state index in [1.165, 1.54) is 0 Å². The Hall–Kier alpha value is -2.26. The summed E-state index contributed by atoms with van der Waals surface area (Å²) in [5, 5.41) is 10.1. The third-order valence-electron chi connectivity index (χ3n) is 3.76. The minimum absolute atomic E-state index is 0.0366. The maximum absolute atomic E-state index is 12.6. The van der Waals surface area contributed by atoms with Crippen molar-refractivity contribution in [1.29, 1.82) is 0 Å². The van der Waals surface area contributed by atoms with E-state index in [4.69, 9.17) is 11.6 Å². The van der Waals surface area contributed by atoms with Crippen LogP contribution in [-0.2, 0) is 23.2 Å². The lowest BCUT2D eigenvalue weighted by Crippen LogP contribution is -2.29. The Morgan fingerprint density at radius 3 is 2.50 bits per heavy atom. The molecule has 2 heterocycles. The summed E-state index contributed by atoms with van der Waals surface area (Å²) in [7, 11) is -6.22. The fourth-order valence-electron chi connectivity index (χ4n) is 2.51. The molecular formula is C14H11ClF6N4O4S. The summed E-state index contributed by atoms with van der Waals surface area (Å²) >= 11 is 5.85. The number of hydrogen-bond donors (Lipinski definition) is 1. The van der Waals surface area contributed by atoms with Gasteiger partial charge < -0.3 is 18.8 Å². The van der Waals surface area contributed by atoms with Gasteiger partial charge in [0.1, 0.15) is 5.82 Å². The van der Waals surface area contributed by atoms with Crippen LogP contribution in [0.4, 0.5) is 26.3 Å². The second kappa shape index (κ2) is 7.77. The summed E-state index contributed by atoms with van der Waals surface area (Å²) in [6.07, 6.45) is -4.87. The second-order valence-corrected chi connectivity index (χ2v) is 7.89. The van der Waals surface area contributed by atoms with Crippen molar-refractivity contribution in [3.8, 4) is 22.9 Å². The number of nitrogens with one attached hydrogen (secondary N) is 1. The number of rotatable bonds is 5. The zero-order valence-corrected chi connectivity index (χ0v) is 16.1. The highest BCUT2D eigenvalue weighted by molar-refractivity contribution is 7.88. The molecule has 16 heteroatoms. The van der Waals surface area contributed by atoms with E-state index in [0.717, 1.165) is 12.1 Å². The average molecular weight is 481 g/mol. The summed E-state index contributed by atoms with van der Waals surface area (Å²) in [5.74, 6) is -1.54. The molecule has 1 aliphatic heterocycles. The van der Waals surface area contributed by atoms with Gasteiger partial charge in [0.25, 0.3) is 0 Å².